The van der Waals surface area contributed by atoms with Gasteiger partial charge in [0.15, 0.2) is 0 Å². The SMILES string of the molecule is CC(C)NCc1ccc(S(=O)(=O)NCC(C)(C)C)o1. The number of rotatable bonds is 6. The molecule has 6 heteroatoms. The lowest BCUT2D eigenvalue weighted by Crippen LogP contribution is -2.32. The zero-order chi connectivity index (χ0) is 14.7. The largest absolute Gasteiger partial charge is 0.447 e. The van der Waals surface area contributed by atoms with E-state index in [0.717, 1.165) is 0 Å². The van der Waals surface area contributed by atoms with Gasteiger partial charge in [-0.05, 0) is 17.5 Å². The molecule has 1 aromatic heterocycles. The van der Waals surface area contributed by atoms with Crippen LogP contribution in [0.5, 0.6) is 0 Å². The molecule has 0 fully saturated rings. The zero-order valence-electron chi connectivity index (χ0n) is 12.3. The van der Waals surface area contributed by atoms with E-state index in [-0.39, 0.29) is 10.5 Å². The van der Waals surface area contributed by atoms with Gasteiger partial charge in [-0.1, -0.05) is 34.6 Å². The van der Waals surface area contributed by atoms with Crippen molar-refractivity contribution in [3.05, 3.63) is 17.9 Å². The van der Waals surface area contributed by atoms with Crippen LogP contribution in [0.1, 0.15) is 40.4 Å². The molecule has 1 rings (SSSR count). The van der Waals surface area contributed by atoms with Gasteiger partial charge in [0.1, 0.15) is 5.76 Å². The van der Waals surface area contributed by atoms with Crippen LogP contribution in [0.2, 0.25) is 0 Å². The molecule has 1 aromatic rings. The van der Waals surface area contributed by atoms with Gasteiger partial charge in [0.05, 0.1) is 6.54 Å². The normalized spacial score (nSPS) is 13.2. The standard InChI is InChI=1S/C13H24N2O3S/c1-10(2)14-8-11-6-7-12(18-11)19(16,17)15-9-13(3,4)5/h6-7,10,14-15H,8-9H2,1-5H3. The maximum atomic E-state index is 12.0. The highest BCUT2D eigenvalue weighted by Crippen LogP contribution is 2.16. The molecule has 5 nitrogen and oxygen atoms in total. The molecule has 110 valence electrons. The van der Waals surface area contributed by atoms with Crippen LogP contribution < -0.4 is 10.0 Å². The lowest BCUT2D eigenvalue weighted by Gasteiger charge is -2.17. The Morgan fingerprint density at radius 2 is 1.89 bits per heavy atom. The van der Waals surface area contributed by atoms with Gasteiger partial charge in [-0.3, -0.25) is 0 Å². The maximum Gasteiger partial charge on any atom is 0.273 e. The Morgan fingerprint density at radius 3 is 2.42 bits per heavy atom. The predicted octanol–water partition coefficient (Wildman–Crippen LogP) is 2.10. The first kappa shape index (κ1) is 16.2. The average Bonchev–Trinajstić information content (AvgIpc) is 2.72. The molecule has 0 aliphatic heterocycles. The lowest BCUT2D eigenvalue weighted by atomic mass is 9.98. The highest BCUT2D eigenvalue weighted by Gasteiger charge is 2.21. The van der Waals surface area contributed by atoms with E-state index >= 15 is 0 Å². The minimum absolute atomic E-state index is 0.0303. The molecule has 0 aliphatic rings. The third kappa shape index (κ3) is 5.76. The predicted molar refractivity (Wildman–Crippen MR) is 75.3 cm³/mol. The Balaban J connectivity index is 2.69. The molecule has 0 unspecified atom stereocenters. The summed E-state index contributed by atoms with van der Waals surface area (Å²) in [6.07, 6.45) is 0. The van der Waals surface area contributed by atoms with Gasteiger partial charge in [-0.2, -0.15) is 0 Å². The first-order valence-electron chi connectivity index (χ1n) is 6.42. The fourth-order valence-electron chi connectivity index (χ4n) is 1.29. The van der Waals surface area contributed by atoms with Gasteiger partial charge in [0.25, 0.3) is 10.0 Å². The van der Waals surface area contributed by atoms with E-state index in [9.17, 15) is 8.42 Å². The fraction of sp³-hybridized carbons (Fsp3) is 0.692. The van der Waals surface area contributed by atoms with Crippen LogP contribution in [0.3, 0.4) is 0 Å². The molecule has 0 bridgehead atoms. The minimum atomic E-state index is -3.56. The van der Waals surface area contributed by atoms with Crippen molar-refractivity contribution in [1.29, 1.82) is 0 Å². The topological polar surface area (TPSA) is 71.3 Å². The van der Waals surface area contributed by atoms with Crippen molar-refractivity contribution in [2.24, 2.45) is 5.41 Å². The van der Waals surface area contributed by atoms with Gasteiger partial charge < -0.3 is 9.73 Å². The van der Waals surface area contributed by atoms with Crippen molar-refractivity contribution in [3.63, 3.8) is 0 Å². The molecule has 0 amide bonds. The summed E-state index contributed by atoms with van der Waals surface area (Å²) in [5.41, 5.74) is -0.109. The number of hydrogen-bond acceptors (Lipinski definition) is 4. The van der Waals surface area contributed by atoms with E-state index in [4.69, 9.17) is 4.42 Å². The summed E-state index contributed by atoms with van der Waals surface area (Å²) >= 11 is 0. The van der Waals surface area contributed by atoms with Crippen LogP contribution in [0.15, 0.2) is 21.6 Å². The second kappa shape index (κ2) is 6.07. The zero-order valence-corrected chi connectivity index (χ0v) is 13.1. The number of nitrogens with one attached hydrogen (secondary N) is 2. The Kier molecular flexibility index (Phi) is 5.18. The van der Waals surface area contributed by atoms with Gasteiger partial charge in [0, 0.05) is 12.6 Å². The molecule has 1 heterocycles. The molecule has 0 spiro atoms. The van der Waals surface area contributed by atoms with Gasteiger partial charge >= 0.3 is 0 Å². The van der Waals surface area contributed by atoms with Crippen molar-refractivity contribution >= 4 is 10.0 Å². The Bertz CT molecular complexity index is 498. The Morgan fingerprint density at radius 1 is 1.26 bits per heavy atom. The molecular weight excluding hydrogens is 264 g/mol. The van der Waals surface area contributed by atoms with Crippen LogP contribution in [0.25, 0.3) is 0 Å². The van der Waals surface area contributed by atoms with Crippen LogP contribution >= 0.6 is 0 Å². The van der Waals surface area contributed by atoms with Gasteiger partial charge in [-0.15, -0.1) is 0 Å². The second-order valence-corrected chi connectivity index (χ2v) is 7.84. The number of furan rings is 1. The minimum Gasteiger partial charge on any atom is -0.447 e. The third-order valence-electron chi connectivity index (χ3n) is 2.38. The van der Waals surface area contributed by atoms with Crippen LogP contribution in [-0.4, -0.2) is 21.0 Å². The molecule has 0 saturated heterocycles. The van der Waals surface area contributed by atoms with Crippen LogP contribution in [0, 0.1) is 5.41 Å². The lowest BCUT2D eigenvalue weighted by molar-refractivity contribution is 0.381. The molecule has 0 radical (unpaired) electrons. The number of sulfonamides is 1. The molecule has 2 N–H and O–H groups in total. The molecule has 19 heavy (non-hydrogen) atoms. The maximum absolute atomic E-state index is 12.0. The average molecular weight is 288 g/mol. The van der Waals surface area contributed by atoms with E-state index < -0.39 is 10.0 Å². The van der Waals surface area contributed by atoms with Crippen LogP contribution in [0.4, 0.5) is 0 Å². The molecule has 0 aromatic carbocycles. The number of hydrogen-bond donors (Lipinski definition) is 2. The van der Waals surface area contributed by atoms with E-state index in [1.807, 2.05) is 34.6 Å². The second-order valence-electron chi connectivity index (χ2n) is 6.14. The Labute approximate surface area is 115 Å². The van der Waals surface area contributed by atoms with E-state index in [2.05, 4.69) is 10.0 Å². The van der Waals surface area contributed by atoms with Crippen molar-refractivity contribution in [2.45, 2.75) is 52.3 Å². The van der Waals surface area contributed by atoms with E-state index in [0.29, 0.717) is 24.9 Å². The summed E-state index contributed by atoms with van der Waals surface area (Å²) in [5, 5.41) is 3.14. The van der Waals surface area contributed by atoms with Crippen LogP contribution in [-0.2, 0) is 16.6 Å². The van der Waals surface area contributed by atoms with E-state index in [1.54, 1.807) is 6.07 Å². The van der Waals surface area contributed by atoms with Crippen molar-refractivity contribution in [2.75, 3.05) is 6.54 Å². The van der Waals surface area contributed by atoms with Gasteiger partial charge in [0.2, 0.25) is 5.09 Å². The summed E-state index contributed by atoms with van der Waals surface area (Å²) in [7, 11) is -3.56. The highest BCUT2D eigenvalue weighted by molar-refractivity contribution is 7.89. The smallest absolute Gasteiger partial charge is 0.273 e. The van der Waals surface area contributed by atoms with E-state index in [1.165, 1.54) is 6.07 Å². The van der Waals surface area contributed by atoms with Gasteiger partial charge in [-0.25, -0.2) is 13.1 Å². The van der Waals surface area contributed by atoms with Crippen molar-refractivity contribution in [3.8, 4) is 0 Å². The highest BCUT2D eigenvalue weighted by atomic mass is 32.2. The summed E-state index contributed by atoms with van der Waals surface area (Å²) in [4.78, 5) is 0. The van der Waals surface area contributed by atoms with Crippen molar-refractivity contribution in [1.82, 2.24) is 10.0 Å². The molecule has 0 aliphatic carbocycles. The molecule has 0 saturated carbocycles. The summed E-state index contributed by atoms with van der Waals surface area (Å²) < 4.78 is 31.9. The summed E-state index contributed by atoms with van der Waals surface area (Å²) in [6, 6.07) is 3.49. The quantitative estimate of drug-likeness (QED) is 0.841. The summed E-state index contributed by atoms with van der Waals surface area (Å²) in [5.74, 6) is 0.616. The van der Waals surface area contributed by atoms with Crippen molar-refractivity contribution < 1.29 is 12.8 Å². The molecule has 0 atom stereocenters. The third-order valence-corrected chi connectivity index (χ3v) is 3.65. The fourth-order valence-corrected chi connectivity index (χ4v) is 2.51. The monoisotopic (exact) mass is 288 g/mol. The molecular formula is C13H24N2O3S. The summed E-state index contributed by atoms with van der Waals surface area (Å²) in [6.45, 7) is 10.8. The first-order chi connectivity index (χ1) is 8.60. The Hall–Kier alpha value is -0.850. The first-order valence-corrected chi connectivity index (χ1v) is 7.90.